The molecule has 3 aromatic rings. The quantitative estimate of drug-likeness (QED) is 0.586. The van der Waals surface area contributed by atoms with Gasteiger partial charge in [0.2, 0.25) is 5.91 Å². The van der Waals surface area contributed by atoms with Gasteiger partial charge in [0.05, 0.1) is 0 Å². The lowest BCUT2D eigenvalue weighted by atomic mass is 9.91. The summed E-state index contributed by atoms with van der Waals surface area (Å²) in [4.78, 5) is 36.3. The lowest BCUT2D eigenvalue weighted by molar-refractivity contribution is -0.147. The molecule has 0 bridgehead atoms. The van der Waals surface area contributed by atoms with Gasteiger partial charge >= 0.3 is 5.97 Å². The molecule has 152 valence electrons. The molecule has 0 fully saturated rings. The highest BCUT2D eigenvalue weighted by molar-refractivity contribution is 5.95. The van der Waals surface area contributed by atoms with Crippen LogP contribution in [0.4, 0.5) is 11.4 Å². The van der Waals surface area contributed by atoms with Crippen molar-refractivity contribution in [1.82, 2.24) is 0 Å². The van der Waals surface area contributed by atoms with Gasteiger partial charge in [-0.25, -0.2) is 0 Å². The summed E-state index contributed by atoms with van der Waals surface area (Å²) in [6.45, 7) is 0.986. The number of amides is 2. The lowest BCUT2D eigenvalue weighted by Crippen LogP contribution is -2.24. The first-order valence-electron chi connectivity index (χ1n) is 9.47. The van der Waals surface area contributed by atoms with Crippen molar-refractivity contribution in [3.8, 4) is 0 Å². The molecule has 3 rings (SSSR count). The third-order valence-electron chi connectivity index (χ3n) is 4.31. The Balaban J connectivity index is 1.65. The van der Waals surface area contributed by atoms with Gasteiger partial charge in [-0.1, -0.05) is 66.7 Å². The first-order valence-corrected chi connectivity index (χ1v) is 9.47. The molecule has 0 spiro atoms. The standard InChI is InChI=1S/C24H22N2O4/c1-17(27)25-20-13-8-14-21(15-20)26-22(28)16-30-24(29)23(18-9-4-2-5-10-18)19-11-6-3-7-12-19/h2-15,23H,16H2,1H3,(H,25,27)(H,26,28). The molecule has 0 unspecified atom stereocenters. The number of carbonyl (C=O) groups excluding carboxylic acids is 3. The van der Waals surface area contributed by atoms with Crippen molar-refractivity contribution in [1.29, 1.82) is 0 Å². The summed E-state index contributed by atoms with van der Waals surface area (Å²) in [5, 5.41) is 5.31. The van der Waals surface area contributed by atoms with E-state index in [4.69, 9.17) is 4.74 Å². The number of ether oxygens (including phenoxy) is 1. The normalized spacial score (nSPS) is 10.3. The van der Waals surface area contributed by atoms with Gasteiger partial charge in [0, 0.05) is 18.3 Å². The summed E-state index contributed by atoms with van der Waals surface area (Å²) >= 11 is 0. The van der Waals surface area contributed by atoms with Gasteiger partial charge in [0.15, 0.2) is 6.61 Å². The molecule has 0 heterocycles. The molecule has 0 saturated carbocycles. The van der Waals surface area contributed by atoms with Crippen molar-refractivity contribution in [2.24, 2.45) is 0 Å². The summed E-state index contributed by atoms with van der Waals surface area (Å²) < 4.78 is 5.32. The fourth-order valence-electron chi connectivity index (χ4n) is 3.05. The molecular weight excluding hydrogens is 380 g/mol. The minimum absolute atomic E-state index is 0.208. The molecular formula is C24H22N2O4. The smallest absolute Gasteiger partial charge is 0.318 e. The van der Waals surface area contributed by atoms with Crippen molar-refractivity contribution in [2.45, 2.75) is 12.8 Å². The summed E-state index contributed by atoms with van der Waals surface area (Å²) in [6.07, 6.45) is 0. The number of hydrogen-bond acceptors (Lipinski definition) is 4. The van der Waals surface area contributed by atoms with Crippen molar-refractivity contribution in [3.05, 3.63) is 96.1 Å². The molecule has 3 aromatic carbocycles. The first kappa shape index (κ1) is 20.8. The van der Waals surface area contributed by atoms with Gasteiger partial charge in [0.1, 0.15) is 5.92 Å². The topological polar surface area (TPSA) is 84.5 Å². The van der Waals surface area contributed by atoms with E-state index < -0.39 is 24.4 Å². The van der Waals surface area contributed by atoms with Crippen LogP contribution in [0.5, 0.6) is 0 Å². The van der Waals surface area contributed by atoms with Crippen LogP contribution in [0.25, 0.3) is 0 Å². The number of esters is 1. The van der Waals surface area contributed by atoms with E-state index >= 15 is 0 Å². The lowest BCUT2D eigenvalue weighted by Gasteiger charge is -2.17. The van der Waals surface area contributed by atoms with Crippen molar-refractivity contribution in [3.63, 3.8) is 0 Å². The Hall–Kier alpha value is -3.93. The Kier molecular flexibility index (Phi) is 6.95. The van der Waals surface area contributed by atoms with E-state index in [2.05, 4.69) is 10.6 Å². The fourth-order valence-corrected chi connectivity index (χ4v) is 3.05. The average Bonchev–Trinajstić information content (AvgIpc) is 2.74. The second-order valence-corrected chi connectivity index (χ2v) is 6.67. The highest BCUT2D eigenvalue weighted by atomic mass is 16.5. The molecule has 30 heavy (non-hydrogen) atoms. The van der Waals surface area contributed by atoms with E-state index in [1.165, 1.54) is 6.92 Å². The minimum Gasteiger partial charge on any atom is -0.455 e. The molecule has 2 amide bonds. The van der Waals surface area contributed by atoms with Crippen LogP contribution in [0.15, 0.2) is 84.9 Å². The van der Waals surface area contributed by atoms with E-state index in [-0.39, 0.29) is 5.91 Å². The molecule has 0 aliphatic heterocycles. The molecule has 6 nitrogen and oxygen atoms in total. The summed E-state index contributed by atoms with van der Waals surface area (Å²) in [5.74, 6) is -1.80. The number of rotatable bonds is 7. The number of benzene rings is 3. The van der Waals surface area contributed by atoms with E-state index in [9.17, 15) is 14.4 Å². The van der Waals surface area contributed by atoms with Crippen LogP contribution in [0, 0.1) is 0 Å². The van der Waals surface area contributed by atoms with Crippen molar-refractivity contribution >= 4 is 29.2 Å². The van der Waals surface area contributed by atoms with Crippen LogP contribution < -0.4 is 10.6 Å². The predicted molar refractivity (Wildman–Crippen MR) is 115 cm³/mol. The van der Waals surface area contributed by atoms with Crippen LogP contribution in [0.1, 0.15) is 24.0 Å². The van der Waals surface area contributed by atoms with Crippen molar-refractivity contribution in [2.75, 3.05) is 17.2 Å². The van der Waals surface area contributed by atoms with Gasteiger partial charge in [-0.15, -0.1) is 0 Å². The molecule has 0 aromatic heterocycles. The number of hydrogen-bond donors (Lipinski definition) is 2. The van der Waals surface area contributed by atoms with Crippen LogP contribution >= 0.6 is 0 Å². The first-order chi connectivity index (χ1) is 14.5. The van der Waals surface area contributed by atoms with E-state index in [0.717, 1.165) is 11.1 Å². The summed E-state index contributed by atoms with van der Waals surface area (Å²) in [6, 6.07) is 25.3. The SMILES string of the molecule is CC(=O)Nc1cccc(NC(=O)COC(=O)C(c2ccccc2)c2ccccc2)c1. The number of nitrogens with one attached hydrogen (secondary N) is 2. The van der Waals surface area contributed by atoms with Crippen LogP contribution in [0.3, 0.4) is 0 Å². The van der Waals surface area contributed by atoms with Crippen molar-refractivity contribution < 1.29 is 19.1 Å². The Morgan fingerprint density at radius 3 is 1.83 bits per heavy atom. The van der Waals surface area contributed by atoms with Gasteiger partial charge in [-0.3, -0.25) is 14.4 Å². The molecule has 2 N–H and O–H groups in total. The Labute approximate surface area is 174 Å². The largest absolute Gasteiger partial charge is 0.455 e. The van der Waals surface area contributed by atoms with E-state index in [1.54, 1.807) is 24.3 Å². The summed E-state index contributed by atoms with van der Waals surface area (Å²) in [5.41, 5.74) is 2.63. The number of anilines is 2. The zero-order valence-corrected chi connectivity index (χ0v) is 16.5. The summed E-state index contributed by atoms with van der Waals surface area (Å²) in [7, 11) is 0. The molecule has 0 aliphatic carbocycles. The highest BCUT2D eigenvalue weighted by Gasteiger charge is 2.24. The number of carbonyl (C=O) groups is 3. The zero-order chi connectivity index (χ0) is 21.3. The molecule has 0 aliphatic rings. The molecule has 0 saturated heterocycles. The monoisotopic (exact) mass is 402 g/mol. The maximum atomic E-state index is 12.8. The van der Waals surface area contributed by atoms with Crippen LogP contribution in [-0.4, -0.2) is 24.4 Å². The van der Waals surface area contributed by atoms with Gasteiger partial charge in [0.25, 0.3) is 5.91 Å². The van der Waals surface area contributed by atoms with Gasteiger partial charge in [-0.05, 0) is 29.3 Å². The van der Waals surface area contributed by atoms with Gasteiger partial charge < -0.3 is 15.4 Å². The molecule has 0 atom stereocenters. The maximum Gasteiger partial charge on any atom is 0.318 e. The second kappa shape index (κ2) is 10.0. The third-order valence-corrected chi connectivity index (χ3v) is 4.31. The zero-order valence-electron chi connectivity index (χ0n) is 16.5. The second-order valence-electron chi connectivity index (χ2n) is 6.67. The average molecular weight is 402 g/mol. The van der Waals surface area contributed by atoms with Crippen LogP contribution in [0.2, 0.25) is 0 Å². The van der Waals surface area contributed by atoms with E-state index in [0.29, 0.717) is 11.4 Å². The molecule has 6 heteroatoms. The third kappa shape index (κ3) is 5.78. The van der Waals surface area contributed by atoms with Gasteiger partial charge in [-0.2, -0.15) is 0 Å². The fraction of sp³-hybridized carbons (Fsp3) is 0.125. The Morgan fingerprint density at radius 2 is 1.30 bits per heavy atom. The van der Waals surface area contributed by atoms with E-state index in [1.807, 2.05) is 60.7 Å². The van der Waals surface area contributed by atoms with Crippen LogP contribution in [-0.2, 0) is 19.1 Å². The minimum atomic E-state index is -0.622. The molecule has 0 radical (unpaired) electrons. The maximum absolute atomic E-state index is 12.8. The Morgan fingerprint density at radius 1 is 0.767 bits per heavy atom. The highest BCUT2D eigenvalue weighted by Crippen LogP contribution is 2.26. The predicted octanol–water partition coefficient (Wildman–Crippen LogP) is 3.96. The Bertz CT molecular complexity index is 980.